The van der Waals surface area contributed by atoms with Gasteiger partial charge in [-0.3, -0.25) is 4.79 Å². The standard InChI is InChI=1S/C9H16N2O/c1-8(12)11-6-2-3-9(11)4-5-10-7-9/h10H,2-7H2,1H3/t9-/m1/s1. The number of nitrogens with one attached hydrogen (secondary N) is 1. The molecule has 12 heavy (non-hydrogen) atoms. The third-order valence-electron chi connectivity index (χ3n) is 3.20. The summed E-state index contributed by atoms with van der Waals surface area (Å²) in [5.41, 5.74) is 0.200. The first-order valence-electron chi connectivity index (χ1n) is 4.74. The summed E-state index contributed by atoms with van der Waals surface area (Å²) >= 11 is 0. The number of rotatable bonds is 0. The number of amides is 1. The van der Waals surface area contributed by atoms with E-state index in [2.05, 4.69) is 10.2 Å². The molecule has 1 atom stereocenters. The second kappa shape index (κ2) is 2.73. The molecule has 2 saturated heterocycles. The smallest absolute Gasteiger partial charge is 0.219 e. The lowest BCUT2D eigenvalue weighted by molar-refractivity contribution is -0.132. The third kappa shape index (κ3) is 1.04. The molecule has 1 amide bonds. The first-order chi connectivity index (χ1) is 5.75. The van der Waals surface area contributed by atoms with Crippen LogP contribution in [0.4, 0.5) is 0 Å². The van der Waals surface area contributed by atoms with E-state index in [0.29, 0.717) is 0 Å². The van der Waals surface area contributed by atoms with E-state index >= 15 is 0 Å². The predicted octanol–water partition coefficient (Wildman–Crippen LogP) is 0.361. The summed E-state index contributed by atoms with van der Waals surface area (Å²) in [5, 5.41) is 3.35. The van der Waals surface area contributed by atoms with Crippen LogP contribution in [0.25, 0.3) is 0 Å². The zero-order chi connectivity index (χ0) is 8.60. The van der Waals surface area contributed by atoms with Crippen LogP contribution in [0.2, 0.25) is 0 Å². The van der Waals surface area contributed by atoms with Crippen molar-refractivity contribution < 1.29 is 4.79 Å². The fourth-order valence-corrected chi connectivity index (χ4v) is 2.60. The highest BCUT2D eigenvalue weighted by Crippen LogP contribution is 2.34. The number of hydrogen-bond donors (Lipinski definition) is 1. The summed E-state index contributed by atoms with van der Waals surface area (Å²) < 4.78 is 0. The van der Waals surface area contributed by atoms with Crippen LogP contribution in [0.15, 0.2) is 0 Å². The average molecular weight is 168 g/mol. The van der Waals surface area contributed by atoms with Crippen LogP contribution in [-0.2, 0) is 4.79 Å². The van der Waals surface area contributed by atoms with Crippen LogP contribution in [0.5, 0.6) is 0 Å². The Morgan fingerprint density at radius 2 is 2.33 bits per heavy atom. The monoisotopic (exact) mass is 168 g/mol. The second-order valence-corrected chi connectivity index (χ2v) is 3.93. The van der Waals surface area contributed by atoms with Gasteiger partial charge in [-0.2, -0.15) is 0 Å². The van der Waals surface area contributed by atoms with Gasteiger partial charge in [0.25, 0.3) is 0 Å². The van der Waals surface area contributed by atoms with E-state index in [1.165, 1.54) is 12.8 Å². The van der Waals surface area contributed by atoms with E-state index < -0.39 is 0 Å². The molecule has 2 heterocycles. The number of carbonyl (C=O) groups is 1. The molecule has 2 rings (SSSR count). The molecule has 1 spiro atoms. The Labute approximate surface area is 73.1 Å². The Hall–Kier alpha value is -0.570. The number of hydrogen-bond acceptors (Lipinski definition) is 2. The summed E-state index contributed by atoms with van der Waals surface area (Å²) in [7, 11) is 0. The van der Waals surface area contributed by atoms with Crippen LogP contribution in [-0.4, -0.2) is 36.0 Å². The lowest BCUT2D eigenvalue weighted by Gasteiger charge is -2.33. The molecule has 0 saturated carbocycles. The van der Waals surface area contributed by atoms with Gasteiger partial charge in [-0.15, -0.1) is 0 Å². The van der Waals surface area contributed by atoms with Crippen molar-refractivity contribution in [3.63, 3.8) is 0 Å². The minimum atomic E-state index is 0.200. The van der Waals surface area contributed by atoms with E-state index in [1.54, 1.807) is 6.92 Å². The zero-order valence-corrected chi connectivity index (χ0v) is 7.60. The van der Waals surface area contributed by atoms with Crippen molar-refractivity contribution in [2.24, 2.45) is 0 Å². The molecular formula is C9H16N2O. The molecular weight excluding hydrogens is 152 g/mol. The quantitative estimate of drug-likeness (QED) is 0.566. The zero-order valence-electron chi connectivity index (χ0n) is 7.60. The second-order valence-electron chi connectivity index (χ2n) is 3.93. The van der Waals surface area contributed by atoms with Crippen LogP contribution in [0.1, 0.15) is 26.2 Å². The van der Waals surface area contributed by atoms with Gasteiger partial charge in [0, 0.05) is 20.0 Å². The van der Waals surface area contributed by atoms with Crippen molar-refractivity contribution in [1.29, 1.82) is 0 Å². The van der Waals surface area contributed by atoms with Crippen LogP contribution < -0.4 is 5.32 Å². The lowest BCUT2D eigenvalue weighted by Crippen LogP contribution is -2.47. The van der Waals surface area contributed by atoms with Crippen molar-refractivity contribution >= 4 is 5.91 Å². The number of likely N-dealkylation sites (tertiary alicyclic amines) is 1. The van der Waals surface area contributed by atoms with Gasteiger partial charge in [0.1, 0.15) is 0 Å². The summed E-state index contributed by atoms with van der Waals surface area (Å²) in [4.78, 5) is 13.4. The van der Waals surface area contributed by atoms with Gasteiger partial charge in [-0.05, 0) is 25.8 Å². The van der Waals surface area contributed by atoms with E-state index in [0.717, 1.165) is 26.1 Å². The SMILES string of the molecule is CC(=O)N1CCC[C@]12CCNC2. The molecule has 3 heteroatoms. The van der Waals surface area contributed by atoms with Crippen molar-refractivity contribution in [3.8, 4) is 0 Å². The number of carbonyl (C=O) groups excluding carboxylic acids is 1. The number of nitrogens with zero attached hydrogens (tertiary/aromatic N) is 1. The first kappa shape index (κ1) is 8.05. The van der Waals surface area contributed by atoms with E-state index in [1.807, 2.05) is 0 Å². The maximum absolute atomic E-state index is 11.3. The molecule has 3 nitrogen and oxygen atoms in total. The highest BCUT2D eigenvalue weighted by atomic mass is 16.2. The molecule has 0 radical (unpaired) electrons. The van der Waals surface area contributed by atoms with Gasteiger partial charge < -0.3 is 10.2 Å². The van der Waals surface area contributed by atoms with E-state index in [-0.39, 0.29) is 11.4 Å². The molecule has 2 aliphatic rings. The minimum Gasteiger partial charge on any atom is -0.336 e. The van der Waals surface area contributed by atoms with Crippen LogP contribution >= 0.6 is 0 Å². The van der Waals surface area contributed by atoms with E-state index in [9.17, 15) is 4.79 Å². The largest absolute Gasteiger partial charge is 0.336 e. The van der Waals surface area contributed by atoms with Crippen LogP contribution in [0, 0.1) is 0 Å². The maximum atomic E-state index is 11.3. The fraction of sp³-hybridized carbons (Fsp3) is 0.889. The predicted molar refractivity (Wildman–Crippen MR) is 46.8 cm³/mol. The third-order valence-corrected chi connectivity index (χ3v) is 3.20. The molecule has 2 aliphatic heterocycles. The molecule has 0 bridgehead atoms. The molecule has 1 N–H and O–H groups in total. The van der Waals surface area contributed by atoms with Gasteiger partial charge >= 0.3 is 0 Å². The van der Waals surface area contributed by atoms with Gasteiger partial charge in [-0.25, -0.2) is 0 Å². The Kier molecular flexibility index (Phi) is 1.83. The van der Waals surface area contributed by atoms with Gasteiger partial charge in [0.15, 0.2) is 0 Å². The summed E-state index contributed by atoms with van der Waals surface area (Å²) in [6, 6.07) is 0. The Balaban J connectivity index is 2.17. The van der Waals surface area contributed by atoms with E-state index in [4.69, 9.17) is 0 Å². The summed E-state index contributed by atoms with van der Waals surface area (Å²) in [6.45, 7) is 4.73. The molecule has 2 fully saturated rings. The van der Waals surface area contributed by atoms with Crippen molar-refractivity contribution in [2.75, 3.05) is 19.6 Å². The highest BCUT2D eigenvalue weighted by molar-refractivity contribution is 5.74. The molecule has 0 aromatic carbocycles. The van der Waals surface area contributed by atoms with Gasteiger partial charge in [0.05, 0.1) is 5.54 Å². The van der Waals surface area contributed by atoms with Crippen LogP contribution in [0.3, 0.4) is 0 Å². The van der Waals surface area contributed by atoms with Crippen molar-refractivity contribution in [2.45, 2.75) is 31.7 Å². The molecule has 68 valence electrons. The van der Waals surface area contributed by atoms with Crippen molar-refractivity contribution in [1.82, 2.24) is 10.2 Å². The normalized spacial score (nSPS) is 34.9. The summed E-state index contributed by atoms with van der Waals surface area (Å²) in [5.74, 6) is 0.246. The molecule has 0 aromatic rings. The first-order valence-corrected chi connectivity index (χ1v) is 4.74. The van der Waals surface area contributed by atoms with Crippen molar-refractivity contribution in [3.05, 3.63) is 0 Å². The Morgan fingerprint density at radius 3 is 2.92 bits per heavy atom. The molecule has 0 aromatic heterocycles. The average Bonchev–Trinajstić information content (AvgIpc) is 2.61. The fourth-order valence-electron chi connectivity index (χ4n) is 2.60. The Morgan fingerprint density at radius 1 is 1.50 bits per heavy atom. The Bertz CT molecular complexity index is 191. The van der Waals surface area contributed by atoms with Gasteiger partial charge in [0.2, 0.25) is 5.91 Å². The highest BCUT2D eigenvalue weighted by Gasteiger charge is 2.44. The maximum Gasteiger partial charge on any atom is 0.219 e. The molecule has 0 aliphatic carbocycles. The summed E-state index contributed by atoms with van der Waals surface area (Å²) in [6.07, 6.45) is 3.52. The lowest BCUT2D eigenvalue weighted by atomic mass is 9.95. The topological polar surface area (TPSA) is 32.3 Å². The molecule has 0 unspecified atom stereocenters. The van der Waals surface area contributed by atoms with Gasteiger partial charge in [-0.1, -0.05) is 0 Å². The minimum absolute atomic E-state index is 0.200.